The van der Waals surface area contributed by atoms with Gasteiger partial charge in [0.2, 0.25) is 10.0 Å². The summed E-state index contributed by atoms with van der Waals surface area (Å²) < 4.78 is 32.9. The summed E-state index contributed by atoms with van der Waals surface area (Å²) in [5, 5.41) is 3.19. The van der Waals surface area contributed by atoms with Gasteiger partial charge in [0.15, 0.2) is 0 Å². The first-order chi connectivity index (χ1) is 13.6. The van der Waals surface area contributed by atoms with Crippen LogP contribution in [0.5, 0.6) is 0 Å². The molecule has 3 saturated carbocycles. The summed E-state index contributed by atoms with van der Waals surface area (Å²) >= 11 is 0. The topological polar surface area (TPSA) is 75.7 Å². The van der Waals surface area contributed by atoms with Crippen molar-refractivity contribution in [2.75, 3.05) is 26.3 Å². The molecule has 4 unspecified atom stereocenters. The van der Waals surface area contributed by atoms with E-state index < -0.39 is 10.0 Å². The van der Waals surface area contributed by atoms with Crippen LogP contribution in [0.3, 0.4) is 0 Å². The first-order valence-corrected chi connectivity index (χ1v) is 12.1. The SMILES string of the molecule is Cc1ccc(C(=O)NC2CC3CC(C2C)C3(C)C)cc1S(=O)(=O)N1CCOCC1. The van der Waals surface area contributed by atoms with Crippen LogP contribution in [0.1, 0.15) is 49.5 Å². The molecule has 4 atom stereocenters. The molecule has 2 bridgehead atoms. The van der Waals surface area contributed by atoms with Crippen LogP contribution >= 0.6 is 0 Å². The maximum absolute atomic E-state index is 13.1. The zero-order valence-corrected chi connectivity index (χ0v) is 18.6. The molecule has 4 fully saturated rings. The third-order valence-electron chi connectivity index (χ3n) is 7.71. The highest BCUT2D eigenvalue weighted by molar-refractivity contribution is 7.89. The summed E-state index contributed by atoms with van der Waals surface area (Å²) in [7, 11) is -3.64. The maximum atomic E-state index is 13.1. The van der Waals surface area contributed by atoms with Crippen molar-refractivity contribution in [1.29, 1.82) is 0 Å². The van der Waals surface area contributed by atoms with Crippen molar-refractivity contribution in [2.45, 2.75) is 51.5 Å². The summed E-state index contributed by atoms with van der Waals surface area (Å²) in [6.45, 7) is 10.2. The number of benzene rings is 1. The van der Waals surface area contributed by atoms with Crippen molar-refractivity contribution in [2.24, 2.45) is 23.2 Å². The molecule has 5 rings (SSSR count). The molecule has 0 aromatic heterocycles. The number of rotatable bonds is 4. The van der Waals surface area contributed by atoms with E-state index >= 15 is 0 Å². The predicted octanol–water partition coefficient (Wildman–Crippen LogP) is 2.82. The van der Waals surface area contributed by atoms with Gasteiger partial charge in [0.1, 0.15) is 0 Å². The van der Waals surface area contributed by atoms with E-state index in [-0.39, 0.29) is 16.8 Å². The highest BCUT2D eigenvalue weighted by atomic mass is 32.2. The quantitative estimate of drug-likeness (QED) is 0.813. The number of aryl methyl sites for hydroxylation is 1. The lowest BCUT2D eigenvalue weighted by molar-refractivity contribution is -0.113. The van der Waals surface area contributed by atoms with Gasteiger partial charge in [-0.15, -0.1) is 0 Å². The van der Waals surface area contributed by atoms with Crippen LogP contribution in [0.4, 0.5) is 0 Å². The Balaban J connectivity index is 1.52. The lowest BCUT2D eigenvalue weighted by Crippen LogP contribution is -2.60. The monoisotopic (exact) mass is 420 g/mol. The van der Waals surface area contributed by atoms with Crippen LogP contribution in [-0.4, -0.2) is 51.0 Å². The fourth-order valence-electron chi connectivity index (χ4n) is 5.54. The molecule has 0 spiro atoms. The van der Waals surface area contributed by atoms with E-state index in [4.69, 9.17) is 4.74 Å². The molecule has 1 N–H and O–H groups in total. The molecule has 0 radical (unpaired) electrons. The molecule has 1 aromatic carbocycles. The van der Waals surface area contributed by atoms with E-state index in [0.717, 1.165) is 6.42 Å². The van der Waals surface area contributed by atoms with Gasteiger partial charge in [-0.2, -0.15) is 4.31 Å². The number of ether oxygens (including phenoxy) is 1. The van der Waals surface area contributed by atoms with Crippen molar-refractivity contribution < 1.29 is 17.9 Å². The Morgan fingerprint density at radius 1 is 1.21 bits per heavy atom. The number of amides is 1. The van der Waals surface area contributed by atoms with Gasteiger partial charge >= 0.3 is 0 Å². The van der Waals surface area contributed by atoms with E-state index in [1.54, 1.807) is 19.1 Å². The van der Waals surface area contributed by atoms with Gasteiger partial charge < -0.3 is 10.1 Å². The summed E-state index contributed by atoms with van der Waals surface area (Å²) in [6, 6.07) is 5.14. The molecule has 6 nitrogen and oxygen atoms in total. The molecule has 1 aromatic rings. The lowest BCUT2D eigenvalue weighted by atomic mass is 9.45. The molecule has 29 heavy (non-hydrogen) atoms. The van der Waals surface area contributed by atoms with Gasteiger partial charge in [0.05, 0.1) is 18.1 Å². The van der Waals surface area contributed by atoms with Crippen molar-refractivity contribution in [3.05, 3.63) is 29.3 Å². The molecule has 3 aliphatic carbocycles. The highest BCUT2D eigenvalue weighted by Crippen LogP contribution is 2.61. The minimum absolute atomic E-state index is 0.153. The molecule has 1 amide bonds. The van der Waals surface area contributed by atoms with Crippen molar-refractivity contribution >= 4 is 15.9 Å². The molecule has 4 aliphatic rings. The first-order valence-electron chi connectivity index (χ1n) is 10.6. The zero-order valence-electron chi connectivity index (χ0n) is 17.8. The van der Waals surface area contributed by atoms with Crippen LogP contribution < -0.4 is 5.32 Å². The molecular formula is C22H32N2O4S. The van der Waals surface area contributed by atoms with Crippen molar-refractivity contribution in [3.8, 4) is 0 Å². The molecule has 160 valence electrons. The largest absolute Gasteiger partial charge is 0.379 e. The Labute approximate surface area is 174 Å². The lowest BCUT2D eigenvalue weighted by Gasteiger charge is -2.62. The Hall–Kier alpha value is -1.44. The standard InChI is InChI=1S/C22H32N2O4S/c1-14-5-6-16(11-20(14)29(26,27)24-7-9-28-10-8-24)21(25)23-19-13-17-12-18(15(19)2)22(17,3)4/h5-6,11,15,17-19H,7-10,12-13H2,1-4H3,(H,23,25). The molecule has 1 saturated heterocycles. The second-order valence-corrected chi connectivity index (χ2v) is 11.4. The molecule has 1 aliphatic heterocycles. The summed E-state index contributed by atoms with van der Waals surface area (Å²) in [6.07, 6.45) is 2.26. The highest BCUT2D eigenvalue weighted by Gasteiger charge is 2.56. The third kappa shape index (κ3) is 3.51. The van der Waals surface area contributed by atoms with E-state index in [1.165, 1.54) is 16.8 Å². The van der Waals surface area contributed by atoms with Crippen LogP contribution in [0.2, 0.25) is 0 Å². The second kappa shape index (κ2) is 7.36. The number of carbonyl (C=O) groups is 1. The Morgan fingerprint density at radius 3 is 2.52 bits per heavy atom. The van der Waals surface area contributed by atoms with Gasteiger partial charge in [-0.05, 0) is 60.6 Å². The Bertz CT molecular complexity index is 905. The predicted molar refractivity (Wildman–Crippen MR) is 111 cm³/mol. The van der Waals surface area contributed by atoms with E-state index in [9.17, 15) is 13.2 Å². The summed E-state index contributed by atoms with van der Waals surface area (Å²) in [4.78, 5) is 13.2. The minimum atomic E-state index is -3.64. The number of carbonyl (C=O) groups excluding carboxylic acids is 1. The number of nitrogens with zero attached hydrogens (tertiary/aromatic N) is 1. The van der Waals surface area contributed by atoms with Gasteiger partial charge in [-0.25, -0.2) is 8.42 Å². The van der Waals surface area contributed by atoms with Crippen LogP contribution in [0, 0.1) is 30.1 Å². The van der Waals surface area contributed by atoms with Crippen LogP contribution in [0.25, 0.3) is 0 Å². The number of sulfonamides is 1. The summed E-state index contributed by atoms with van der Waals surface area (Å²) in [5.41, 5.74) is 1.43. The number of fused-ring (bicyclic) bond motifs is 2. The minimum Gasteiger partial charge on any atom is -0.379 e. The molecular weight excluding hydrogens is 388 g/mol. The first kappa shape index (κ1) is 20.8. The number of hydrogen-bond donors (Lipinski definition) is 1. The van der Waals surface area contributed by atoms with Crippen LogP contribution in [0.15, 0.2) is 23.1 Å². The fraction of sp³-hybridized carbons (Fsp3) is 0.682. The average Bonchev–Trinajstić information content (AvgIpc) is 2.69. The number of hydrogen-bond acceptors (Lipinski definition) is 4. The maximum Gasteiger partial charge on any atom is 0.251 e. The fourth-order valence-corrected chi connectivity index (χ4v) is 7.20. The Morgan fingerprint density at radius 2 is 1.90 bits per heavy atom. The second-order valence-electron chi connectivity index (χ2n) is 9.53. The van der Waals surface area contributed by atoms with E-state index in [0.29, 0.717) is 60.6 Å². The zero-order chi connectivity index (χ0) is 21.0. The van der Waals surface area contributed by atoms with Crippen molar-refractivity contribution in [1.82, 2.24) is 9.62 Å². The number of morpholine rings is 1. The normalized spacial score (nSPS) is 31.7. The number of nitrogens with one attached hydrogen (secondary N) is 1. The van der Waals surface area contributed by atoms with Gasteiger partial charge in [-0.1, -0.05) is 26.8 Å². The van der Waals surface area contributed by atoms with E-state index in [2.05, 4.69) is 26.1 Å². The molecule has 7 heteroatoms. The van der Waals surface area contributed by atoms with Gasteiger partial charge in [-0.3, -0.25) is 4.79 Å². The van der Waals surface area contributed by atoms with Crippen LogP contribution in [-0.2, 0) is 14.8 Å². The van der Waals surface area contributed by atoms with Gasteiger partial charge in [0, 0.05) is 24.7 Å². The van der Waals surface area contributed by atoms with Crippen molar-refractivity contribution in [3.63, 3.8) is 0 Å². The van der Waals surface area contributed by atoms with Gasteiger partial charge in [0.25, 0.3) is 5.91 Å². The Kier molecular flexibility index (Phi) is 5.28. The average molecular weight is 421 g/mol. The van der Waals surface area contributed by atoms with E-state index in [1.807, 2.05) is 0 Å². The smallest absolute Gasteiger partial charge is 0.251 e. The third-order valence-corrected chi connectivity index (χ3v) is 9.75. The molecule has 1 heterocycles. The summed E-state index contributed by atoms with van der Waals surface area (Å²) in [5.74, 6) is 1.55.